The molecule has 1 aliphatic heterocycles. The van der Waals surface area contributed by atoms with Crippen molar-refractivity contribution in [3.63, 3.8) is 0 Å². The van der Waals surface area contributed by atoms with Gasteiger partial charge < -0.3 is 9.47 Å². The third-order valence-corrected chi connectivity index (χ3v) is 9.65. The summed E-state index contributed by atoms with van der Waals surface area (Å²) in [6.45, 7) is 4.37. The second-order valence-electron chi connectivity index (χ2n) is 12.8. The van der Waals surface area contributed by atoms with Crippen molar-refractivity contribution in [1.82, 2.24) is 0 Å². The molecule has 0 radical (unpaired) electrons. The first-order valence-electron chi connectivity index (χ1n) is 14.5. The Labute approximate surface area is 217 Å². The van der Waals surface area contributed by atoms with Gasteiger partial charge in [-0.2, -0.15) is 0 Å². The van der Waals surface area contributed by atoms with Crippen LogP contribution >= 0.6 is 0 Å². The van der Waals surface area contributed by atoms with E-state index >= 15 is 0 Å². The molecule has 0 amide bonds. The molecule has 3 nitrogen and oxygen atoms in total. The van der Waals surface area contributed by atoms with E-state index in [-0.39, 0.29) is 16.7 Å². The highest BCUT2D eigenvalue weighted by atomic mass is 16.5. The number of rotatable bonds is 8. The molecule has 1 heterocycles. The zero-order valence-corrected chi connectivity index (χ0v) is 22.0. The van der Waals surface area contributed by atoms with Gasteiger partial charge in [0.1, 0.15) is 5.75 Å². The van der Waals surface area contributed by atoms with Crippen molar-refractivity contribution in [2.45, 2.75) is 84.0 Å². The SMILES string of the molecule is CC1(COc2ccc(C(=O)C3CC34CCc3cc(CCC5CCCCCC5)ccc3C4)cc2)COC1. The molecule has 3 fully saturated rings. The van der Waals surface area contributed by atoms with Gasteiger partial charge in [-0.25, -0.2) is 0 Å². The van der Waals surface area contributed by atoms with E-state index in [9.17, 15) is 4.79 Å². The Bertz CT molecular complexity index is 1070. The third kappa shape index (κ3) is 5.14. The van der Waals surface area contributed by atoms with E-state index in [1.54, 1.807) is 5.56 Å². The molecule has 2 aromatic rings. The number of fused-ring (bicyclic) bond motifs is 1. The second-order valence-corrected chi connectivity index (χ2v) is 12.8. The summed E-state index contributed by atoms with van der Waals surface area (Å²) in [5.41, 5.74) is 5.72. The van der Waals surface area contributed by atoms with Gasteiger partial charge in [0.25, 0.3) is 0 Å². The summed E-state index contributed by atoms with van der Waals surface area (Å²) in [4.78, 5) is 13.3. The predicted molar refractivity (Wildman–Crippen MR) is 144 cm³/mol. The van der Waals surface area contributed by atoms with Gasteiger partial charge in [-0.15, -0.1) is 0 Å². The van der Waals surface area contributed by atoms with E-state index < -0.39 is 0 Å². The smallest absolute Gasteiger partial charge is 0.166 e. The van der Waals surface area contributed by atoms with Crippen LogP contribution in [0.3, 0.4) is 0 Å². The molecule has 0 N–H and O–H groups in total. The minimum atomic E-state index is 0.127. The van der Waals surface area contributed by atoms with Gasteiger partial charge in [-0.3, -0.25) is 4.79 Å². The van der Waals surface area contributed by atoms with Gasteiger partial charge in [0.15, 0.2) is 5.78 Å². The average molecular weight is 487 g/mol. The minimum absolute atomic E-state index is 0.127. The first-order valence-corrected chi connectivity index (χ1v) is 14.5. The van der Waals surface area contributed by atoms with Crippen molar-refractivity contribution < 1.29 is 14.3 Å². The van der Waals surface area contributed by atoms with Crippen molar-refractivity contribution in [2.75, 3.05) is 19.8 Å². The van der Waals surface area contributed by atoms with Crippen molar-refractivity contribution in [3.8, 4) is 5.75 Å². The van der Waals surface area contributed by atoms with Crippen LogP contribution in [0.2, 0.25) is 0 Å². The fourth-order valence-electron chi connectivity index (χ4n) is 7.01. The summed E-state index contributed by atoms with van der Waals surface area (Å²) in [5.74, 6) is 2.28. The van der Waals surface area contributed by atoms with Gasteiger partial charge in [-0.1, -0.05) is 63.6 Å². The van der Waals surface area contributed by atoms with Crippen LogP contribution in [0.25, 0.3) is 0 Å². The fraction of sp³-hybridized carbons (Fsp3) is 0.606. The first kappa shape index (κ1) is 24.2. The number of hydrogen-bond acceptors (Lipinski definition) is 3. The Balaban J connectivity index is 1.03. The summed E-state index contributed by atoms with van der Waals surface area (Å²) < 4.78 is 11.3. The van der Waals surface area contributed by atoms with E-state index in [0.717, 1.165) is 56.1 Å². The molecule has 2 aromatic carbocycles. The van der Waals surface area contributed by atoms with Gasteiger partial charge in [0.2, 0.25) is 0 Å². The lowest BCUT2D eigenvalue weighted by atomic mass is 9.78. The van der Waals surface area contributed by atoms with Crippen LogP contribution in [-0.2, 0) is 24.0 Å². The standard InChI is InChI=1S/C33H42O3/c1-32(21-35-22-32)23-36-29-14-12-26(13-15-29)31(34)30-20-33(30)17-16-27-18-25(10-11-28(27)19-33)9-8-24-6-4-2-3-5-7-24/h10-15,18,24,30H,2-9,16-17,19-23H2,1H3. The summed E-state index contributed by atoms with van der Waals surface area (Å²) in [6, 6.07) is 15.1. The molecular weight excluding hydrogens is 444 g/mol. The number of aryl methyl sites for hydroxylation is 2. The summed E-state index contributed by atoms with van der Waals surface area (Å²) >= 11 is 0. The fourth-order valence-corrected chi connectivity index (χ4v) is 7.01. The van der Waals surface area contributed by atoms with E-state index in [1.807, 2.05) is 24.3 Å². The molecule has 2 unspecified atom stereocenters. The molecule has 192 valence electrons. The number of ketones is 1. The lowest BCUT2D eigenvalue weighted by Gasteiger charge is -2.37. The highest BCUT2D eigenvalue weighted by Gasteiger charge is 2.58. The summed E-state index contributed by atoms with van der Waals surface area (Å²) in [6.07, 6.45) is 15.6. The molecule has 36 heavy (non-hydrogen) atoms. The first-order chi connectivity index (χ1) is 17.5. The van der Waals surface area contributed by atoms with Crippen LogP contribution in [0.1, 0.15) is 91.8 Å². The van der Waals surface area contributed by atoms with Crippen LogP contribution in [-0.4, -0.2) is 25.6 Å². The molecule has 1 spiro atoms. The van der Waals surface area contributed by atoms with Crippen LogP contribution < -0.4 is 4.74 Å². The number of carbonyl (C=O) groups is 1. The highest BCUT2D eigenvalue weighted by molar-refractivity contribution is 6.00. The predicted octanol–water partition coefficient (Wildman–Crippen LogP) is 7.38. The van der Waals surface area contributed by atoms with Crippen molar-refractivity contribution in [1.29, 1.82) is 0 Å². The molecule has 0 aromatic heterocycles. The summed E-state index contributed by atoms with van der Waals surface area (Å²) in [7, 11) is 0. The van der Waals surface area contributed by atoms with E-state index in [1.165, 1.54) is 62.5 Å². The lowest BCUT2D eigenvalue weighted by Crippen LogP contribution is -2.44. The van der Waals surface area contributed by atoms with Crippen LogP contribution in [0.4, 0.5) is 0 Å². The minimum Gasteiger partial charge on any atom is -0.493 e. The Morgan fingerprint density at radius 1 is 1.00 bits per heavy atom. The molecule has 3 aliphatic carbocycles. The number of benzene rings is 2. The Morgan fingerprint density at radius 2 is 1.78 bits per heavy atom. The highest BCUT2D eigenvalue weighted by Crippen LogP contribution is 2.61. The van der Waals surface area contributed by atoms with Gasteiger partial charge in [0.05, 0.1) is 19.8 Å². The molecular formula is C33H42O3. The molecule has 2 atom stereocenters. The molecule has 0 bridgehead atoms. The quantitative estimate of drug-likeness (QED) is 0.288. The third-order valence-electron chi connectivity index (χ3n) is 9.65. The lowest BCUT2D eigenvalue weighted by molar-refractivity contribution is -0.120. The van der Waals surface area contributed by atoms with E-state index in [2.05, 4.69) is 25.1 Å². The zero-order chi connectivity index (χ0) is 24.6. The molecule has 1 saturated heterocycles. The van der Waals surface area contributed by atoms with Crippen molar-refractivity contribution in [3.05, 3.63) is 64.7 Å². The van der Waals surface area contributed by atoms with Crippen molar-refractivity contribution in [2.24, 2.45) is 22.7 Å². The Kier molecular flexibility index (Phi) is 6.71. The van der Waals surface area contributed by atoms with Crippen LogP contribution in [0.15, 0.2) is 42.5 Å². The molecule has 3 heteroatoms. The normalized spacial score (nSPS) is 27.1. The monoisotopic (exact) mass is 486 g/mol. The number of Topliss-reactive ketones (excluding diaryl/α,β-unsaturated/α-hetero) is 1. The maximum atomic E-state index is 13.3. The summed E-state index contributed by atoms with van der Waals surface area (Å²) in [5, 5.41) is 0. The Hall–Kier alpha value is -2.13. The number of ether oxygens (including phenoxy) is 2. The number of hydrogen-bond donors (Lipinski definition) is 0. The molecule has 4 aliphatic rings. The van der Waals surface area contributed by atoms with Gasteiger partial charge in [-0.05, 0) is 90.8 Å². The van der Waals surface area contributed by atoms with E-state index in [0.29, 0.717) is 12.4 Å². The van der Waals surface area contributed by atoms with E-state index in [4.69, 9.17) is 9.47 Å². The second kappa shape index (κ2) is 9.97. The maximum Gasteiger partial charge on any atom is 0.166 e. The topological polar surface area (TPSA) is 35.5 Å². The zero-order valence-electron chi connectivity index (χ0n) is 22.0. The maximum absolute atomic E-state index is 13.3. The van der Waals surface area contributed by atoms with Crippen LogP contribution in [0.5, 0.6) is 5.75 Å². The Morgan fingerprint density at radius 3 is 2.50 bits per heavy atom. The van der Waals surface area contributed by atoms with Crippen LogP contribution in [0, 0.1) is 22.7 Å². The van der Waals surface area contributed by atoms with Gasteiger partial charge in [0, 0.05) is 16.9 Å². The largest absolute Gasteiger partial charge is 0.493 e. The number of carbonyl (C=O) groups excluding carboxylic acids is 1. The van der Waals surface area contributed by atoms with Crippen molar-refractivity contribution >= 4 is 5.78 Å². The molecule has 2 saturated carbocycles. The molecule has 6 rings (SSSR count). The van der Waals surface area contributed by atoms with Gasteiger partial charge >= 0.3 is 0 Å². The average Bonchev–Trinajstić information content (AvgIpc) is 3.64.